The molecule has 2 aromatic carbocycles. The van der Waals surface area contributed by atoms with Crippen LogP contribution in [-0.4, -0.2) is 36.3 Å². The summed E-state index contributed by atoms with van der Waals surface area (Å²) >= 11 is 0. The lowest BCUT2D eigenvalue weighted by Crippen LogP contribution is -3.14. The van der Waals surface area contributed by atoms with Crippen molar-refractivity contribution in [3.05, 3.63) is 65.6 Å². The number of para-hydroxylation sites is 1. The Hall–Kier alpha value is -3.13. The van der Waals surface area contributed by atoms with E-state index in [4.69, 9.17) is 0 Å². The van der Waals surface area contributed by atoms with E-state index in [0.29, 0.717) is 10.5 Å². The molecule has 0 saturated heterocycles. The summed E-state index contributed by atoms with van der Waals surface area (Å²) in [6.45, 7) is 1.53. The third-order valence-corrected chi connectivity index (χ3v) is 4.74. The Labute approximate surface area is 159 Å². The van der Waals surface area contributed by atoms with Gasteiger partial charge in [0.2, 0.25) is 5.78 Å². The van der Waals surface area contributed by atoms with E-state index in [1.807, 2.05) is 24.3 Å². The number of ketones is 1. The average molecular weight is 390 g/mol. The molecule has 0 bridgehead atoms. The van der Waals surface area contributed by atoms with Crippen LogP contribution in [0.3, 0.4) is 0 Å². The molecule has 28 heavy (non-hydrogen) atoms. The maximum absolute atomic E-state index is 13.7. The molecule has 0 aliphatic rings. The highest BCUT2D eigenvalue weighted by Crippen LogP contribution is 2.20. The van der Waals surface area contributed by atoms with Crippen LogP contribution >= 0.6 is 0 Å². The van der Waals surface area contributed by atoms with Gasteiger partial charge in [-0.2, -0.15) is 0 Å². The van der Waals surface area contributed by atoms with E-state index >= 15 is 0 Å². The number of halogens is 3. The Balaban J connectivity index is 1.68. The molecular weight excluding hydrogens is 371 g/mol. The smallest absolute Gasteiger partial charge is 0.279 e. The van der Waals surface area contributed by atoms with Gasteiger partial charge in [-0.15, -0.1) is 0 Å². The van der Waals surface area contributed by atoms with Crippen LogP contribution < -0.4 is 10.2 Å². The zero-order chi connectivity index (χ0) is 20.4. The topological polar surface area (TPSA) is 66.4 Å². The lowest BCUT2D eigenvalue weighted by molar-refractivity contribution is -0.885. The van der Waals surface area contributed by atoms with Crippen LogP contribution in [0, 0.1) is 17.5 Å². The van der Waals surface area contributed by atoms with Crippen molar-refractivity contribution in [2.24, 2.45) is 0 Å². The number of benzene rings is 2. The Morgan fingerprint density at radius 2 is 1.82 bits per heavy atom. The number of nitrogens with one attached hydrogen (secondary N) is 3. The van der Waals surface area contributed by atoms with Gasteiger partial charge in [0.1, 0.15) is 6.04 Å². The molecule has 8 heteroatoms. The molecule has 3 rings (SSSR count). The summed E-state index contributed by atoms with van der Waals surface area (Å²) in [7, 11) is 1.65. The molecule has 0 aliphatic heterocycles. The van der Waals surface area contributed by atoms with Crippen LogP contribution in [0.15, 0.2) is 42.6 Å². The molecule has 5 nitrogen and oxygen atoms in total. The molecular formula is C20H19F3N3O2+. The second kappa shape index (κ2) is 7.85. The largest absolute Gasteiger partial charge is 0.360 e. The lowest BCUT2D eigenvalue weighted by atomic mass is 10.0. The first kappa shape index (κ1) is 19.6. The van der Waals surface area contributed by atoms with E-state index in [-0.39, 0.29) is 12.3 Å². The quantitative estimate of drug-likeness (QED) is 0.447. The molecule has 0 spiro atoms. The Kier molecular flexibility index (Phi) is 5.51. The van der Waals surface area contributed by atoms with Crippen LogP contribution in [0.25, 0.3) is 10.9 Å². The highest BCUT2D eigenvalue weighted by molar-refractivity contribution is 6.09. The first-order chi connectivity index (χ1) is 13.3. The summed E-state index contributed by atoms with van der Waals surface area (Å²) < 4.78 is 39.9. The van der Waals surface area contributed by atoms with Crippen LogP contribution in [0.2, 0.25) is 0 Å². The molecule has 3 aromatic rings. The van der Waals surface area contributed by atoms with Gasteiger partial charge in [0, 0.05) is 22.7 Å². The Morgan fingerprint density at radius 3 is 2.57 bits per heavy atom. The molecule has 146 valence electrons. The number of H-pyrrole nitrogens is 1. The molecule has 0 saturated carbocycles. The van der Waals surface area contributed by atoms with Crippen molar-refractivity contribution in [3.63, 3.8) is 0 Å². The van der Waals surface area contributed by atoms with Crippen molar-refractivity contribution in [2.45, 2.75) is 13.0 Å². The van der Waals surface area contributed by atoms with Crippen LogP contribution in [0.4, 0.5) is 18.9 Å². The van der Waals surface area contributed by atoms with Crippen molar-refractivity contribution in [1.82, 2.24) is 4.98 Å². The van der Waals surface area contributed by atoms with E-state index in [0.717, 1.165) is 23.0 Å². The van der Waals surface area contributed by atoms with Gasteiger partial charge in [-0.1, -0.05) is 18.2 Å². The number of hydrogen-bond acceptors (Lipinski definition) is 2. The van der Waals surface area contributed by atoms with Gasteiger partial charge < -0.3 is 15.2 Å². The average Bonchev–Trinajstić information content (AvgIpc) is 3.11. The maximum atomic E-state index is 13.7. The molecule has 0 aliphatic carbocycles. The third kappa shape index (κ3) is 3.77. The van der Waals surface area contributed by atoms with Gasteiger partial charge >= 0.3 is 0 Å². The van der Waals surface area contributed by atoms with E-state index in [1.54, 1.807) is 20.2 Å². The van der Waals surface area contributed by atoms with Crippen molar-refractivity contribution in [1.29, 1.82) is 0 Å². The second-order valence-electron chi connectivity index (χ2n) is 6.63. The number of likely N-dealkylation sites (N-methyl/N-ethyl adjacent to an activating group) is 1. The second-order valence-corrected chi connectivity index (χ2v) is 6.63. The minimum Gasteiger partial charge on any atom is -0.360 e. The monoisotopic (exact) mass is 390 g/mol. The molecule has 2 atom stereocenters. The highest BCUT2D eigenvalue weighted by Gasteiger charge is 2.27. The van der Waals surface area contributed by atoms with Gasteiger partial charge in [-0.25, -0.2) is 13.2 Å². The van der Waals surface area contributed by atoms with E-state index in [9.17, 15) is 22.8 Å². The van der Waals surface area contributed by atoms with Gasteiger partial charge in [0.15, 0.2) is 24.0 Å². The van der Waals surface area contributed by atoms with Gasteiger partial charge in [-0.3, -0.25) is 9.59 Å². The number of hydrogen-bond donors (Lipinski definition) is 3. The number of quaternary nitrogens is 1. The van der Waals surface area contributed by atoms with Gasteiger partial charge in [-0.05, 0) is 25.1 Å². The van der Waals surface area contributed by atoms with Crippen molar-refractivity contribution in [2.75, 3.05) is 18.9 Å². The number of carbonyl (C=O) groups is 2. The number of Topliss-reactive ketones (excluding diaryl/α,β-unsaturated/α-hetero) is 1. The summed E-state index contributed by atoms with van der Waals surface area (Å²) in [4.78, 5) is 28.6. The predicted octanol–water partition coefficient (Wildman–Crippen LogP) is 2.31. The Bertz CT molecular complexity index is 1050. The zero-order valence-electron chi connectivity index (χ0n) is 15.3. The molecule has 0 radical (unpaired) electrons. The third-order valence-electron chi connectivity index (χ3n) is 4.74. The van der Waals surface area contributed by atoms with E-state index in [1.165, 1.54) is 0 Å². The summed E-state index contributed by atoms with van der Waals surface area (Å²) in [5, 5.41) is 3.00. The van der Waals surface area contributed by atoms with Crippen LogP contribution in [0.1, 0.15) is 17.3 Å². The standard InChI is InChI=1S/C20H18F3N3O2/c1-11(20(28)13-9-24-15-6-4-3-5-12(13)15)26(2)10-17(27)25-16-8-7-14(21)18(22)19(16)23/h3-9,11,24H,10H2,1-2H3,(H,25,27)/p+1/t11-/m1/s1. The van der Waals surface area contributed by atoms with Gasteiger partial charge in [0.25, 0.3) is 5.91 Å². The number of anilines is 1. The lowest BCUT2D eigenvalue weighted by Gasteiger charge is -2.20. The zero-order valence-corrected chi connectivity index (χ0v) is 15.3. The van der Waals surface area contributed by atoms with Crippen molar-refractivity contribution >= 4 is 28.3 Å². The van der Waals surface area contributed by atoms with Crippen LogP contribution in [-0.2, 0) is 4.79 Å². The van der Waals surface area contributed by atoms with E-state index in [2.05, 4.69) is 10.3 Å². The van der Waals surface area contributed by atoms with Crippen LogP contribution in [0.5, 0.6) is 0 Å². The molecule has 0 fully saturated rings. The first-order valence-corrected chi connectivity index (χ1v) is 8.65. The molecule has 3 N–H and O–H groups in total. The van der Waals surface area contributed by atoms with Gasteiger partial charge in [0.05, 0.1) is 12.7 Å². The predicted molar refractivity (Wildman–Crippen MR) is 98.8 cm³/mol. The summed E-state index contributed by atoms with van der Waals surface area (Å²) in [5.41, 5.74) is 0.907. The highest BCUT2D eigenvalue weighted by atomic mass is 19.2. The first-order valence-electron chi connectivity index (χ1n) is 8.65. The fourth-order valence-electron chi connectivity index (χ4n) is 2.96. The summed E-state index contributed by atoms with van der Waals surface area (Å²) in [5.74, 6) is -5.23. The number of carbonyl (C=O) groups excluding carboxylic acids is 2. The Morgan fingerprint density at radius 1 is 1.11 bits per heavy atom. The molecule has 1 unspecified atom stereocenters. The van der Waals surface area contributed by atoms with Crippen molar-refractivity contribution < 1.29 is 27.7 Å². The SMILES string of the molecule is C[C@H](C(=O)c1c[nH]c2ccccc12)[NH+](C)CC(=O)Nc1ccc(F)c(F)c1F. The number of aromatic amines is 1. The minimum atomic E-state index is -1.65. The molecule has 1 heterocycles. The summed E-state index contributed by atoms with van der Waals surface area (Å²) in [6, 6.07) is 8.50. The number of rotatable bonds is 6. The fraction of sp³-hybridized carbons (Fsp3) is 0.200. The van der Waals surface area contributed by atoms with Crippen molar-refractivity contribution in [3.8, 4) is 0 Å². The fourth-order valence-corrected chi connectivity index (χ4v) is 2.96. The number of aromatic nitrogens is 1. The normalized spacial score (nSPS) is 13.3. The van der Waals surface area contributed by atoms with E-state index < -0.39 is 35.1 Å². The summed E-state index contributed by atoms with van der Waals surface area (Å²) in [6.07, 6.45) is 1.63. The maximum Gasteiger partial charge on any atom is 0.279 e. The minimum absolute atomic E-state index is 0.151. The molecule has 1 amide bonds. The molecule has 1 aromatic heterocycles. The number of amides is 1. The number of fused-ring (bicyclic) bond motifs is 1.